The highest BCUT2D eigenvalue weighted by Gasteiger charge is 2.05. The Morgan fingerprint density at radius 3 is 2.21 bits per heavy atom. The average molecular weight is 508 g/mol. The summed E-state index contributed by atoms with van der Waals surface area (Å²) in [5, 5.41) is 10.7. The van der Waals surface area contributed by atoms with Gasteiger partial charge >= 0.3 is 0 Å². The summed E-state index contributed by atoms with van der Waals surface area (Å²) in [5.41, 5.74) is 3.17. The lowest BCUT2D eigenvalue weighted by Crippen LogP contribution is -2.36. The fraction of sp³-hybridized carbons (Fsp3) is 0.250. The van der Waals surface area contributed by atoms with E-state index in [1.807, 2.05) is 42.5 Å². The molecule has 0 saturated carbocycles. The number of nitrogens with zero attached hydrogens (tertiary/aromatic N) is 4. The molecular weight excluding hydrogens is 483 g/mol. The van der Waals surface area contributed by atoms with Crippen molar-refractivity contribution >= 4 is 29.9 Å². The number of hydrogen-bond acceptors (Lipinski definition) is 5. The van der Waals surface area contributed by atoms with E-state index in [1.165, 1.54) is 6.33 Å². The second-order valence-electron chi connectivity index (χ2n) is 5.98. The normalized spacial score (nSPS) is 10.8. The molecule has 0 spiro atoms. The van der Waals surface area contributed by atoms with Crippen LogP contribution in [0.5, 0.6) is 11.5 Å². The van der Waals surface area contributed by atoms with Crippen molar-refractivity contribution < 1.29 is 9.47 Å². The highest BCUT2D eigenvalue weighted by atomic mass is 127. The van der Waals surface area contributed by atoms with Gasteiger partial charge in [0.2, 0.25) is 0 Å². The van der Waals surface area contributed by atoms with Crippen LogP contribution in [0.25, 0.3) is 5.69 Å². The zero-order chi connectivity index (χ0) is 19.8. The molecule has 0 saturated heterocycles. The van der Waals surface area contributed by atoms with Crippen molar-refractivity contribution in [3.8, 4) is 17.2 Å². The van der Waals surface area contributed by atoms with E-state index in [4.69, 9.17) is 9.47 Å². The molecule has 1 heterocycles. The largest absolute Gasteiger partial charge is 0.493 e. The number of aromatic nitrogens is 3. The smallest absolute Gasteiger partial charge is 0.191 e. The topological polar surface area (TPSA) is 85.6 Å². The molecule has 0 unspecified atom stereocenters. The van der Waals surface area contributed by atoms with Gasteiger partial charge in [0.15, 0.2) is 17.5 Å². The predicted molar refractivity (Wildman–Crippen MR) is 123 cm³/mol. The summed E-state index contributed by atoms with van der Waals surface area (Å²) in [4.78, 5) is 8.23. The second kappa shape index (κ2) is 11.2. The SMILES string of the molecule is CN=C(NCc1ccc(-n2cncn2)cc1)NCc1ccc(OC)c(OC)c1.I. The van der Waals surface area contributed by atoms with Gasteiger partial charge in [-0.25, -0.2) is 9.67 Å². The third-order valence-corrected chi connectivity index (χ3v) is 4.21. The monoisotopic (exact) mass is 508 g/mol. The molecule has 0 aliphatic heterocycles. The van der Waals surface area contributed by atoms with Gasteiger partial charge < -0.3 is 20.1 Å². The van der Waals surface area contributed by atoms with Crippen molar-refractivity contribution in [2.45, 2.75) is 13.1 Å². The van der Waals surface area contributed by atoms with Gasteiger partial charge in [-0.1, -0.05) is 18.2 Å². The molecule has 3 rings (SSSR count). The second-order valence-corrected chi connectivity index (χ2v) is 5.98. The van der Waals surface area contributed by atoms with E-state index in [0.717, 1.165) is 22.8 Å². The van der Waals surface area contributed by atoms with E-state index in [0.29, 0.717) is 24.6 Å². The molecule has 2 aromatic carbocycles. The molecule has 0 atom stereocenters. The van der Waals surface area contributed by atoms with Crippen LogP contribution in [0.1, 0.15) is 11.1 Å². The predicted octanol–water partition coefficient (Wildman–Crippen LogP) is 2.77. The van der Waals surface area contributed by atoms with Crippen molar-refractivity contribution in [2.75, 3.05) is 21.3 Å². The minimum Gasteiger partial charge on any atom is -0.493 e. The van der Waals surface area contributed by atoms with Crippen LogP contribution in [0.4, 0.5) is 0 Å². The molecule has 2 N–H and O–H groups in total. The standard InChI is InChI=1S/C20H24N6O2.HI/c1-21-20(24-12-16-6-9-18(27-2)19(10-16)28-3)23-11-15-4-7-17(8-5-15)26-14-22-13-25-26;/h4-10,13-14H,11-12H2,1-3H3,(H2,21,23,24);1H. The van der Waals surface area contributed by atoms with Crippen LogP contribution >= 0.6 is 24.0 Å². The Bertz CT molecular complexity index is 913. The summed E-state index contributed by atoms with van der Waals surface area (Å²) in [7, 11) is 5.00. The molecule has 0 fully saturated rings. The first-order valence-corrected chi connectivity index (χ1v) is 8.83. The zero-order valence-corrected chi connectivity index (χ0v) is 19.0. The number of benzene rings is 2. The highest BCUT2D eigenvalue weighted by Crippen LogP contribution is 2.27. The number of aliphatic imine (C=N–C) groups is 1. The first kappa shape index (κ1) is 22.5. The fourth-order valence-electron chi connectivity index (χ4n) is 2.69. The number of nitrogens with one attached hydrogen (secondary N) is 2. The maximum atomic E-state index is 5.34. The molecule has 1 aromatic heterocycles. The van der Waals surface area contributed by atoms with Crippen LogP contribution in [0, 0.1) is 0 Å². The van der Waals surface area contributed by atoms with Crippen molar-refractivity contribution in [1.82, 2.24) is 25.4 Å². The third-order valence-electron chi connectivity index (χ3n) is 4.21. The Morgan fingerprint density at radius 1 is 0.966 bits per heavy atom. The van der Waals surface area contributed by atoms with Gasteiger partial charge in [-0.05, 0) is 35.4 Å². The first-order valence-electron chi connectivity index (χ1n) is 8.83. The molecule has 3 aromatic rings. The van der Waals surface area contributed by atoms with Gasteiger partial charge in [0.1, 0.15) is 12.7 Å². The maximum absolute atomic E-state index is 5.34. The number of halogens is 1. The first-order chi connectivity index (χ1) is 13.7. The van der Waals surface area contributed by atoms with Crippen LogP contribution < -0.4 is 20.1 Å². The Kier molecular flexibility index (Phi) is 8.71. The number of guanidine groups is 1. The van der Waals surface area contributed by atoms with E-state index >= 15 is 0 Å². The summed E-state index contributed by atoms with van der Waals surface area (Å²) >= 11 is 0. The summed E-state index contributed by atoms with van der Waals surface area (Å²) in [6.45, 7) is 1.27. The van der Waals surface area contributed by atoms with Crippen LogP contribution in [-0.4, -0.2) is 42.0 Å². The fourth-order valence-corrected chi connectivity index (χ4v) is 2.69. The van der Waals surface area contributed by atoms with Gasteiger partial charge in [-0.3, -0.25) is 4.99 Å². The minimum absolute atomic E-state index is 0. The lowest BCUT2D eigenvalue weighted by molar-refractivity contribution is 0.354. The van der Waals surface area contributed by atoms with Gasteiger partial charge in [-0.2, -0.15) is 5.10 Å². The van der Waals surface area contributed by atoms with Crippen molar-refractivity contribution in [1.29, 1.82) is 0 Å². The molecule has 0 aliphatic rings. The van der Waals surface area contributed by atoms with Crippen molar-refractivity contribution in [3.05, 3.63) is 66.2 Å². The summed E-state index contributed by atoms with van der Waals surface area (Å²) in [5.74, 6) is 2.13. The minimum atomic E-state index is 0. The third kappa shape index (κ3) is 6.08. The molecular formula is C20H25IN6O2. The lowest BCUT2D eigenvalue weighted by atomic mass is 10.2. The zero-order valence-electron chi connectivity index (χ0n) is 16.6. The lowest BCUT2D eigenvalue weighted by Gasteiger charge is -2.14. The number of hydrogen-bond donors (Lipinski definition) is 2. The number of ether oxygens (including phenoxy) is 2. The van der Waals surface area contributed by atoms with E-state index in [2.05, 4.69) is 25.7 Å². The van der Waals surface area contributed by atoms with Crippen LogP contribution in [-0.2, 0) is 13.1 Å². The molecule has 0 aliphatic carbocycles. The maximum Gasteiger partial charge on any atom is 0.191 e. The molecule has 9 heteroatoms. The Balaban J connectivity index is 0.00000300. The van der Waals surface area contributed by atoms with Crippen molar-refractivity contribution in [3.63, 3.8) is 0 Å². The Hall–Kier alpha value is -2.82. The molecule has 0 radical (unpaired) electrons. The van der Waals surface area contributed by atoms with E-state index < -0.39 is 0 Å². The van der Waals surface area contributed by atoms with Gasteiger partial charge in [0.05, 0.1) is 19.9 Å². The van der Waals surface area contributed by atoms with E-state index in [-0.39, 0.29) is 24.0 Å². The van der Waals surface area contributed by atoms with Crippen LogP contribution in [0.15, 0.2) is 60.1 Å². The van der Waals surface area contributed by atoms with Gasteiger partial charge in [0, 0.05) is 20.1 Å². The average Bonchev–Trinajstić information content (AvgIpc) is 3.29. The van der Waals surface area contributed by atoms with Gasteiger partial charge in [0.25, 0.3) is 0 Å². The molecule has 0 bridgehead atoms. The summed E-state index contributed by atoms with van der Waals surface area (Å²) in [6.07, 6.45) is 3.19. The van der Waals surface area contributed by atoms with E-state index in [9.17, 15) is 0 Å². The Morgan fingerprint density at radius 2 is 1.62 bits per heavy atom. The number of rotatable bonds is 7. The molecule has 8 nitrogen and oxygen atoms in total. The van der Waals surface area contributed by atoms with Gasteiger partial charge in [-0.15, -0.1) is 24.0 Å². The number of methoxy groups -OCH3 is 2. The van der Waals surface area contributed by atoms with Crippen LogP contribution in [0.3, 0.4) is 0 Å². The molecule has 0 amide bonds. The van der Waals surface area contributed by atoms with Crippen molar-refractivity contribution in [2.24, 2.45) is 4.99 Å². The summed E-state index contributed by atoms with van der Waals surface area (Å²) < 4.78 is 12.3. The highest BCUT2D eigenvalue weighted by molar-refractivity contribution is 14.0. The Labute approximate surface area is 187 Å². The molecule has 29 heavy (non-hydrogen) atoms. The van der Waals surface area contributed by atoms with Crippen LogP contribution in [0.2, 0.25) is 0 Å². The summed E-state index contributed by atoms with van der Waals surface area (Å²) in [6, 6.07) is 13.9. The quantitative estimate of drug-likeness (QED) is 0.290. The molecule has 154 valence electrons. The van der Waals surface area contributed by atoms with E-state index in [1.54, 1.807) is 32.3 Å².